The van der Waals surface area contributed by atoms with Gasteiger partial charge in [0.2, 0.25) is 0 Å². The lowest BCUT2D eigenvalue weighted by molar-refractivity contribution is -0.182. The highest BCUT2D eigenvalue weighted by Gasteiger charge is 2.40. The highest BCUT2D eigenvalue weighted by atomic mass is 19.1. The van der Waals surface area contributed by atoms with Crippen molar-refractivity contribution in [2.24, 2.45) is 11.8 Å². The van der Waals surface area contributed by atoms with Crippen LogP contribution in [0, 0.1) is 17.7 Å². The van der Waals surface area contributed by atoms with E-state index >= 15 is 0 Å². The molecular formula is C22H27FO4. The molecule has 0 bridgehead atoms. The highest BCUT2D eigenvalue weighted by molar-refractivity contribution is 5.34. The van der Waals surface area contributed by atoms with Crippen molar-refractivity contribution >= 4 is 0 Å². The SMILES string of the molecule is COc1ccc(Cc2cc(C3OC(CO)C(O)C(C)C3C)ccc2F)cc1. The van der Waals surface area contributed by atoms with Gasteiger partial charge < -0.3 is 19.7 Å². The normalized spacial score (nSPS) is 28.1. The molecule has 0 aliphatic carbocycles. The fourth-order valence-corrected chi connectivity index (χ4v) is 3.72. The Morgan fingerprint density at radius 1 is 1.07 bits per heavy atom. The quantitative estimate of drug-likeness (QED) is 0.841. The number of benzene rings is 2. The zero-order chi connectivity index (χ0) is 19.6. The maximum atomic E-state index is 14.4. The van der Waals surface area contributed by atoms with Gasteiger partial charge in [0.25, 0.3) is 0 Å². The summed E-state index contributed by atoms with van der Waals surface area (Å²) in [5, 5.41) is 19.8. The Kier molecular flexibility index (Phi) is 6.15. The first-order chi connectivity index (χ1) is 12.9. The number of hydrogen-bond donors (Lipinski definition) is 2. The third kappa shape index (κ3) is 4.15. The van der Waals surface area contributed by atoms with E-state index in [4.69, 9.17) is 9.47 Å². The fraction of sp³-hybridized carbons (Fsp3) is 0.455. The zero-order valence-electron chi connectivity index (χ0n) is 15.9. The third-order valence-electron chi connectivity index (χ3n) is 5.68. The van der Waals surface area contributed by atoms with Gasteiger partial charge in [-0.1, -0.05) is 32.0 Å². The second-order valence-electron chi connectivity index (χ2n) is 7.36. The van der Waals surface area contributed by atoms with Gasteiger partial charge in [0.05, 0.1) is 25.9 Å². The number of halogens is 1. The van der Waals surface area contributed by atoms with E-state index in [9.17, 15) is 14.6 Å². The lowest BCUT2D eigenvalue weighted by Crippen LogP contribution is -2.47. The van der Waals surface area contributed by atoms with Crippen LogP contribution >= 0.6 is 0 Å². The first-order valence-electron chi connectivity index (χ1n) is 9.30. The summed E-state index contributed by atoms with van der Waals surface area (Å²) in [6.07, 6.45) is -1.17. The molecule has 1 fully saturated rings. The molecular weight excluding hydrogens is 347 g/mol. The van der Waals surface area contributed by atoms with E-state index < -0.39 is 12.2 Å². The molecule has 4 nitrogen and oxygen atoms in total. The summed E-state index contributed by atoms with van der Waals surface area (Å²) in [5.41, 5.74) is 2.44. The van der Waals surface area contributed by atoms with Gasteiger partial charge in [0, 0.05) is 6.42 Å². The summed E-state index contributed by atoms with van der Waals surface area (Å²) in [6, 6.07) is 12.6. The zero-order valence-corrected chi connectivity index (χ0v) is 15.9. The second kappa shape index (κ2) is 8.38. The van der Waals surface area contributed by atoms with Crippen molar-refractivity contribution in [3.8, 4) is 5.75 Å². The Morgan fingerprint density at radius 3 is 2.41 bits per heavy atom. The largest absolute Gasteiger partial charge is 0.497 e. The summed E-state index contributed by atoms with van der Waals surface area (Å²) in [6.45, 7) is 3.72. The molecule has 0 aromatic heterocycles. The lowest BCUT2D eigenvalue weighted by Gasteiger charge is -2.42. The van der Waals surface area contributed by atoms with E-state index in [1.54, 1.807) is 13.2 Å². The molecule has 2 aromatic carbocycles. The van der Waals surface area contributed by atoms with Crippen LogP contribution in [0.5, 0.6) is 5.75 Å². The predicted octanol–water partition coefficient (Wildman–Crippen LogP) is 3.49. The molecule has 2 aromatic rings. The Bertz CT molecular complexity index is 759. The van der Waals surface area contributed by atoms with Gasteiger partial charge in [-0.2, -0.15) is 0 Å². The van der Waals surface area contributed by atoms with Gasteiger partial charge in [-0.15, -0.1) is 0 Å². The minimum atomic E-state index is -0.708. The highest BCUT2D eigenvalue weighted by Crippen LogP contribution is 2.40. The van der Waals surface area contributed by atoms with Crippen LogP contribution in [0.1, 0.15) is 36.6 Å². The average Bonchev–Trinajstić information content (AvgIpc) is 2.69. The van der Waals surface area contributed by atoms with Crippen LogP contribution in [0.15, 0.2) is 42.5 Å². The van der Waals surface area contributed by atoms with Crippen molar-refractivity contribution in [1.29, 1.82) is 0 Å². The van der Waals surface area contributed by atoms with Crippen LogP contribution < -0.4 is 4.74 Å². The average molecular weight is 374 g/mol. The van der Waals surface area contributed by atoms with Crippen LogP contribution in [0.3, 0.4) is 0 Å². The smallest absolute Gasteiger partial charge is 0.126 e. The van der Waals surface area contributed by atoms with Crippen molar-refractivity contribution in [2.45, 2.75) is 38.6 Å². The van der Waals surface area contributed by atoms with E-state index in [0.717, 1.165) is 16.9 Å². The number of aliphatic hydroxyl groups excluding tert-OH is 2. The van der Waals surface area contributed by atoms with Crippen molar-refractivity contribution in [1.82, 2.24) is 0 Å². The van der Waals surface area contributed by atoms with E-state index in [1.165, 1.54) is 6.07 Å². The molecule has 0 radical (unpaired) electrons. The lowest BCUT2D eigenvalue weighted by atomic mass is 9.79. The standard InChI is InChI=1S/C22H27FO4/c1-13-14(2)22(27-20(12-24)21(13)25)16-6-9-19(23)17(11-16)10-15-4-7-18(26-3)8-5-15/h4-9,11,13-14,20-22,24-25H,10,12H2,1-3H3. The molecule has 1 heterocycles. The van der Waals surface area contributed by atoms with Gasteiger partial charge in [-0.25, -0.2) is 4.39 Å². The van der Waals surface area contributed by atoms with Crippen LogP contribution in [0.25, 0.3) is 0 Å². The first-order valence-corrected chi connectivity index (χ1v) is 9.30. The third-order valence-corrected chi connectivity index (χ3v) is 5.68. The second-order valence-corrected chi connectivity index (χ2v) is 7.36. The van der Waals surface area contributed by atoms with Crippen LogP contribution in [-0.4, -0.2) is 36.1 Å². The Labute approximate surface area is 159 Å². The van der Waals surface area contributed by atoms with Crippen LogP contribution in [0.2, 0.25) is 0 Å². The van der Waals surface area contributed by atoms with Crippen LogP contribution in [-0.2, 0) is 11.2 Å². The van der Waals surface area contributed by atoms with E-state index in [-0.39, 0.29) is 30.4 Å². The number of hydrogen-bond acceptors (Lipinski definition) is 4. The molecule has 5 heteroatoms. The molecule has 1 aliphatic heterocycles. The summed E-state index contributed by atoms with van der Waals surface area (Å²) in [4.78, 5) is 0. The van der Waals surface area contributed by atoms with Gasteiger partial charge in [0.1, 0.15) is 17.7 Å². The number of methoxy groups -OCH3 is 1. The molecule has 5 atom stereocenters. The molecule has 1 aliphatic rings. The molecule has 0 saturated carbocycles. The van der Waals surface area contributed by atoms with E-state index in [1.807, 2.05) is 44.2 Å². The van der Waals surface area contributed by atoms with Gasteiger partial charge in [-0.3, -0.25) is 0 Å². The van der Waals surface area contributed by atoms with Crippen molar-refractivity contribution in [3.05, 3.63) is 65.0 Å². The maximum Gasteiger partial charge on any atom is 0.126 e. The number of aliphatic hydroxyl groups is 2. The van der Waals surface area contributed by atoms with Crippen LogP contribution in [0.4, 0.5) is 4.39 Å². The molecule has 0 spiro atoms. The summed E-state index contributed by atoms with van der Waals surface area (Å²) >= 11 is 0. The number of rotatable bonds is 5. The summed E-state index contributed by atoms with van der Waals surface area (Å²) in [5.74, 6) is 0.517. The monoisotopic (exact) mass is 374 g/mol. The molecule has 3 rings (SSSR count). The number of ether oxygens (including phenoxy) is 2. The van der Waals surface area contributed by atoms with E-state index in [0.29, 0.717) is 12.0 Å². The Hall–Kier alpha value is -1.95. The van der Waals surface area contributed by atoms with Crippen molar-refractivity contribution in [2.75, 3.05) is 13.7 Å². The van der Waals surface area contributed by atoms with Crippen molar-refractivity contribution in [3.63, 3.8) is 0 Å². The first kappa shape index (κ1) is 19.8. The Balaban J connectivity index is 1.85. The maximum absolute atomic E-state index is 14.4. The van der Waals surface area contributed by atoms with Gasteiger partial charge in [-0.05, 0) is 52.8 Å². The summed E-state index contributed by atoms with van der Waals surface area (Å²) in [7, 11) is 1.61. The molecule has 5 unspecified atom stereocenters. The topological polar surface area (TPSA) is 58.9 Å². The predicted molar refractivity (Wildman–Crippen MR) is 101 cm³/mol. The van der Waals surface area contributed by atoms with Crippen molar-refractivity contribution < 1.29 is 24.1 Å². The minimum Gasteiger partial charge on any atom is -0.497 e. The molecule has 1 saturated heterocycles. The minimum absolute atomic E-state index is 0.0315. The molecule has 146 valence electrons. The summed E-state index contributed by atoms with van der Waals surface area (Å²) < 4.78 is 25.5. The Morgan fingerprint density at radius 2 is 1.78 bits per heavy atom. The molecule has 2 N–H and O–H groups in total. The molecule has 27 heavy (non-hydrogen) atoms. The van der Waals surface area contributed by atoms with E-state index in [2.05, 4.69) is 0 Å². The molecule has 0 amide bonds. The fourth-order valence-electron chi connectivity index (χ4n) is 3.72. The van der Waals surface area contributed by atoms with Gasteiger partial charge in [0.15, 0.2) is 0 Å². The van der Waals surface area contributed by atoms with Gasteiger partial charge >= 0.3 is 0 Å².